The fraction of sp³-hybridized carbons (Fsp3) is 0.103. The van der Waals surface area contributed by atoms with Gasteiger partial charge in [0.1, 0.15) is 17.5 Å². The maximum Gasteiger partial charge on any atom is 0.263 e. The molecule has 11 heteroatoms. The van der Waals surface area contributed by atoms with Gasteiger partial charge in [-0.3, -0.25) is 18.7 Å². The summed E-state index contributed by atoms with van der Waals surface area (Å²) in [6, 6.07) is 17.3. The Morgan fingerprint density at radius 3 is 2.33 bits per heavy atom. The summed E-state index contributed by atoms with van der Waals surface area (Å²) in [4.78, 5) is 44.2. The minimum Gasteiger partial charge on any atom is -0.494 e. The molecule has 0 saturated heterocycles. The third-order valence-electron chi connectivity index (χ3n) is 6.58. The van der Waals surface area contributed by atoms with Crippen molar-refractivity contribution in [2.45, 2.75) is 13.0 Å². The van der Waals surface area contributed by atoms with Gasteiger partial charge in [0.25, 0.3) is 5.56 Å². The SMILES string of the molecule is COc1cnc(-n2ccc(=O)c3c(N[C@@H](C)c4c(Cl)c5ccccc5c(=O)n4-c4ccccc4)ncnc32)nc1. The van der Waals surface area contributed by atoms with Gasteiger partial charge in [0.05, 0.1) is 36.3 Å². The Morgan fingerprint density at radius 2 is 1.60 bits per heavy atom. The molecule has 0 aliphatic rings. The summed E-state index contributed by atoms with van der Waals surface area (Å²) in [7, 11) is 1.53. The van der Waals surface area contributed by atoms with E-state index in [4.69, 9.17) is 16.3 Å². The van der Waals surface area contributed by atoms with Gasteiger partial charge in [-0.05, 0) is 25.1 Å². The molecular weight excluding hydrogens is 530 g/mol. The van der Waals surface area contributed by atoms with Gasteiger partial charge < -0.3 is 10.1 Å². The lowest BCUT2D eigenvalue weighted by Gasteiger charge is -2.23. The molecule has 0 fully saturated rings. The molecule has 1 atom stereocenters. The summed E-state index contributed by atoms with van der Waals surface area (Å²) < 4.78 is 8.33. The quantitative estimate of drug-likeness (QED) is 0.316. The molecule has 4 aromatic heterocycles. The van der Waals surface area contributed by atoms with Crippen LogP contribution in [0.2, 0.25) is 5.02 Å². The molecule has 4 heterocycles. The molecule has 6 aromatic rings. The van der Waals surface area contributed by atoms with Crippen LogP contribution in [-0.4, -0.2) is 36.2 Å². The molecule has 40 heavy (non-hydrogen) atoms. The van der Waals surface area contributed by atoms with Gasteiger partial charge in [-0.25, -0.2) is 19.9 Å². The zero-order valence-electron chi connectivity index (χ0n) is 21.4. The van der Waals surface area contributed by atoms with Gasteiger partial charge in [0.2, 0.25) is 5.95 Å². The molecule has 10 nitrogen and oxygen atoms in total. The second-order valence-electron chi connectivity index (χ2n) is 8.98. The molecule has 0 saturated carbocycles. The van der Waals surface area contributed by atoms with Gasteiger partial charge in [0, 0.05) is 28.7 Å². The Morgan fingerprint density at radius 1 is 0.900 bits per heavy atom. The highest BCUT2D eigenvalue weighted by Crippen LogP contribution is 2.33. The highest BCUT2D eigenvalue weighted by atomic mass is 35.5. The number of benzene rings is 2. The van der Waals surface area contributed by atoms with Crippen LogP contribution in [-0.2, 0) is 0 Å². The number of methoxy groups -OCH3 is 1. The zero-order chi connectivity index (χ0) is 27.8. The third-order valence-corrected chi connectivity index (χ3v) is 6.98. The minimum atomic E-state index is -0.548. The second kappa shape index (κ2) is 10.2. The number of halogens is 1. The van der Waals surface area contributed by atoms with Crippen LogP contribution in [0, 0.1) is 0 Å². The first kappa shape index (κ1) is 25.2. The number of aromatic nitrogens is 6. The predicted octanol–water partition coefficient (Wildman–Crippen LogP) is 4.71. The van der Waals surface area contributed by atoms with Crippen molar-refractivity contribution in [2.24, 2.45) is 0 Å². The van der Waals surface area contributed by atoms with Crippen LogP contribution in [0.1, 0.15) is 18.7 Å². The van der Waals surface area contributed by atoms with E-state index in [2.05, 4.69) is 25.3 Å². The highest BCUT2D eigenvalue weighted by Gasteiger charge is 2.23. The van der Waals surface area contributed by atoms with Crippen molar-refractivity contribution >= 4 is 39.2 Å². The van der Waals surface area contributed by atoms with E-state index in [1.807, 2.05) is 49.4 Å². The van der Waals surface area contributed by atoms with Crippen molar-refractivity contribution in [3.63, 3.8) is 0 Å². The summed E-state index contributed by atoms with van der Waals surface area (Å²) in [5, 5.41) is 5.11. The fourth-order valence-electron chi connectivity index (χ4n) is 4.71. The summed E-state index contributed by atoms with van der Waals surface area (Å²) in [5.74, 6) is 1.08. The number of pyridine rings is 2. The molecule has 0 spiro atoms. The molecule has 6 rings (SSSR count). The molecule has 0 aliphatic carbocycles. The van der Waals surface area contributed by atoms with Crippen molar-refractivity contribution in [2.75, 3.05) is 12.4 Å². The Balaban J connectivity index is 1.52. The Bertz CT molecular complexity index is 1990. The van der Waals surface area contributed by atoms with Crippen molar-refractivity contribution in [3.8, 4) is 17.4 Å². The topological polar surface area (TPSA) is 117 Å². The van der Waals surface area contributed by atoms with Gasteiger partial charge in [-0.15, -0.1) is 0 Å². The van der Waals surface area contributed by atoms with Crippen molar-refractivity contribution < 1.29 is 4.74 Å². The summed E-state index contributed by atoms with van der Waals surface area (Å²) in [5.41, 5.74) is 1.00. The maximum absolute atomic E-state index is 13.7. The van der Waals surface area contributed by atoms with E-state index in [-0.39, 0.29) is 22.2 Å². The van der Waals surface area contributed by atoms with Crippen LogP contribution in [0.3, 0.4) is 0 Å². The first-order valence-corrected chi connectivity index (χ1v) is 12.7. The van der Waals surface area contributed by atoms with Crippen LogP contribution in [0.15, 0.2) is 95.2 Å². The van der Waals surface area contributed by atoms with E-state index >= 15 is 0 Å². The lowest BCUT2D eigenvalue weighted by Crippen LogP contribution is -2.26. The first-order valence-electron chi connectivity index (χ1n) is 12.4. The van der Waals surface area contributed by atoms with E-state index < -0.39 is 6.04 Å². The van der Waals surface area contributed by atoms with Crippen LogP contribution in [0.25, 0.3) is 33.4 Å². The normalized spacial score (nSPS) is 12.0. The largest absolute Gasteiger partial charge is 0.494 e. The monoisotopic (exact) mass is 551 g/mol. The summed E-state index contributed by atoms with van der Waals surface area (Å²) >= 11 is 6.98. The summed E-state index contributed by atoms with van der Waals surface area (Å²) in [6.07, 6.45) is 5.96. The fourth-order valence-corrected chi connectivity index (χ4v) is 5.12. The number of hydrogen-bond acceptors (Lipinski definition) is 8. The van der Waals surface area contributed by atoms with Crippen LogP contribution in [0.4, 0.5) is 5.82 Å². The Hall–Kier alpha value is -5.09. The molecule has 0 bridgehead atoms. The molecular formula is C29H22ClN7O3. The third kappa shape index (κ3) is 4.24. The lowest BCUT2D eigenvalue weighted by molar-refractivity contribution is 0.410. The Labute approximate surface area is 232 Å². The molecule has 0 amide bonds. The van der Waals surface area contributed by atoms with E-state index in [0.717, 1.165) is 0 Å². The Kier molecular flexibility index (Phi) is 6.45. The number of ether oxygens (including phenoxy) is 1. The number of nitrogens with one attached hydrogen (secondary N) is 1. The van der Waals surface area contributed by atoms with Crippen molar-refractivity contribution in [1.29, 1.82) is 0 Å². The van der Waals surface area contributed by atoms with Gasteiger partial charge in [-0.1, -0.05) is 48.0 Å². The molecule has 1 N–H and O–H groups in total. The average molecular weight is 552 g/mol. The molecule has 2 aromatic carbocycles. The van der Waals surface area contributed by atoms with Gasteiger partial charge in [-0.2, -0.15) is 0 Å². The van der Waals surface area contributed by atoms with Gasteiger partial charge in [0.15, 0.2) is 16.8 Å². The highest BCUT2D eigenvalue weighted by molar-refractivity contribution is 6.36. The van der Waals surface area contributed by atoms with Crippen molar-refractivity contribution in [3.05, 3.63) is 117 Å². The smallest absolute Gasteiger partial charge is 0.263 e. The van der Waals surface area contributed by atoms with E-state index in [0.29, 0.717) is 44.5 Å². The second-order valence-corrected chi connectivity index (χ2v) is 9.36. The maximum atomic E-state index is 13.7. The van der Waals surface area contributed by atoms with Gasteiger partial charge >= 0.3 is 0 Å². The van der Waals surface area contributed by atoms with Crippen LogP contribution in [0.5, 0.6) is 5.75 Å². The number of nitrogens with zero attached hydrogens (tertiary/aromatic N) is 6. The van der Waals surface area contributed by atoms with E-state index in [1.165, 1.54) is 31.9 Å². The molecule has 198 valence electrons. The van der Waals surface area contributed by atoms with E-state index in [1.54, 1.807) is 27.5 Å². The minimum absolute atomic E-state index is 0.207. The van der Waals surface area contributed by atoms with Crippen LogP contribution >= 0.6 is 11.6 Å². The molecule has 0 unspecified atom stereocenters. The molecule has 0 aliphatic heterocycles. The average Bonchev–Trinajstić information content (AvgIpc) is 2.99. The number of fused-ring (bicyclic) bond motifs is 2. The predicted molar refractivity (Wildman–Crippen MR) is 154 cm³/mol. The number of hydrogen-bond donors (Lipinski definition) is 1. The number of rotatable bonds is 6. The van der Waals surface area contributed by atoms with Crippen molar-refractivity contribution in [1.82, 2.24) is 29.1 Å². The molecule has 0 radical (unpaired) electrons. The van der Waals surface area contributed by atoms with Crippen LogP contribution < -0.4 is 21.0 Å². The summed E-state index contributed by atoms with van der Waals surface area (Å²) in [6.45, 7) is 1.86. The zero-order valence-corrected chi connectivity index (χ0v) is 22.2. The lowest BCUT2D eigenvalue weighted by atomic mass is 10.1. The standard InChI is InChI=1S/C29H22ClN7O3/c1-17(25-24(30)20-10-6-7-11-21(20)28(39)37(25)18-8-4-3-5-9-18)35-26-23-22(38)12-13-36(27(23)34-16-33-26)29-31-14-19(40-2)15-32-29/h3-17H,1-2H3,(H,33,34,35)/t17-/m0/s1. The first-order chi connectivity index (χ1) is 19.5. The number of anilines is 1. The van der Waals surface area contributed by atoms with E-state index in [9.17, 15) is 9.59 Å². The number of para-hydroxylation sites is 1.